The van der Waals surface area contributed by atoms with Crippen LogP contribution in [0, 0.1) is 17.3 Å². The van der Waals surface area contributed by atoms with Crippen LogP contribution < -0.4 is 0 Å². The molecule has 2 aromatic rings. The lowest BCUT2D eigenvalue weighted by atomic mass is 9.63. The van der Waals surface area contributed by atoms with E-state index in [9.17, 15) is 4.79 Å². The molecule has 3 heteroatoms. The number of amides is 1. The summed E-state index contributed by atoms with van der Waals surface area (Å²) in [6.07, 6.45) is 6.05. The Morgan fingerprint density at radius 2 is 1.57 bits per heavy atom. The van der Waals surface area contributed by atoms with Crippen molar-refractivity contribution in [2.75, 3.05) is 26.2 Å². The Morgan fingerprint density at radius 3 is 2.30 bits per heavy atom. The highest BCUT2D eigenvalue weighted by Crippen LogP contribution is 2.71. The van der Waals surface area contributed by atoms with Crippen LogP contribution in [0.25, 0.3) is 0 Å². The Balaban J connectivity index is 1.17. The van der Waals surface area contributed by atoms with Crippen molar-refractivity contribution in [1.82, 2.24) is 9.80 Å². The zero-order valence-corrected chi connectivity index (χ0v) is 17.8. The summed E-state index contributed by atoms with van der Waals surface area (Å²) in [5.41, 5.74) is 3.05. The lowest BCUT2D eigenvalue weighted by molar-refractivity contribution is -0.146. The largest absolute Gasteiger partial charge is 0.340 e. The third-order valence-electron chi connectivity index (χ3n) is 8.74. The van der Waals surface area contributed by atoms with Crippen molar-refractivity contribution >= 4 is 5.91 Å². The molecule has 4 unspecified atom stereocenters. The number of benzene rings is 2. The summed E-state index contributed by atoms with van der Waals surface area (Å²) in [5.74, 6) is 1.85. The summed E-state index contributed by atoms with van der Waals surface area (Å²) in [5, 5.41) is 0. The molecule has 4 atom stereocenters. The Kier molecular flexibility index (Phi) is 4.31. The van der Waals surface area contributed by atoms with E-state index in [1.807, 2.05) is 0 Å². The van der Waals surface area contributed by atoms with Gasteiger partial charge >= 0.3 is 0 Å². The van der Waals surface area contributed by atoms with E-state index in [0.29, 0.717) is 11.8 Å². The maximum Gasteiger partial charge on any atom is 0.229 e. The lowest BCUT2D eigenvalue weighted by Crippen LogP contribution is -2.53. The fourth-order valence-electron chi connectivity index (χ4n) is 7.63. The summed E-state index contributed by atoms with van der Waals surface area (Å²) in [7, 11) is 0. The van der Waals surface area contributed by atoms with Gasteiger partial charge in [0.1, 0.15) is 0 Å². The maximum atomic E-state index is 13.9. The van der Waals surface area contributed by atoms with Crippen LogP contribution in [0.15, 0.2) is 60.7 Å². The predicted molar refractivity (Wildman–Crippen MR) is 119 cm³/mol. The molecule has 3 nitrogen and oxygen atoms in total. The predicted octanol–water partition coefficient (Wildman–Crippen LogP) is 4.48. The first-order valence-corrected chi connectivity index (χ1v) is 11.8. The van der Waals surface area contributed by atoms with Gasteiger partial charge in [-0.2, -0.15) is 0 Å². The molecule has 4 saturated carbocycles. The van der Waals surface area contributed by atoms with Crippen LogP contribution in [0.2, 0.25) is 0 Å². The smallest absolute Gasteiger partial charge is 0.229 e. The topological polar surface area (TPSA) is 23.6 Å². The van der Waals surface area contributed by atoms with Gasteiger partial charge in [0.2, 0.25) is 5.91 Å². The van der Waals surface area contributed by atoms with Gasteiger partial charge in [-0.1, -0.05) is 60.7 Å². The molecule has 2 aromatic carbocycles. The second kappa shape index (κ2) is 6.95. The van der Waals surface area contributed by atoms with E-state index in [-0.39, 0.29) is 10.8 Å². The summed E-state index contributed by atoms with van der Waals surface area (Å²) in [6.45, 7) is 4.77. The number of nitrogens with zero attached hydrogens (tertiary/aromatic N) is 2. The highest BCUT2D eigenvalue weighted by Gasteiger charge is 2.67. The van der Waals surface area contributed by atoms with E-state index in [1.165, 1.54) is 30.4 Å². The van der Waals surface area contributed by atoms with Crippen molar-refractivity contribution in [2.45, 2.75) is 44.1 Å². The molecule has 0 N–H and O–H groups in total. The zero-order valence-electron chi connectivity index (χ0n) is 17.8. The molecule has 7 rings (SSSR count). The van der Waals surface area contributed by atoms with Crippen LogP contribution >= 0.6 is 0 Å². The second-order valence-corrected chi connectivity index (χ2v) is 10.4. The molecular formula is C27H32N2O. The standard InChI is InChI=1S/C27H32N2O/c30-25(29-13-11-28(12-14-29)19-21-7-3-1-4-8-21)27-17-22-15-24(27)18-26(16-22,20-27)23-9-5-2-6-10-23/h1-10,22,24H,11-20H2. The van der Waals surface area contributed by atoms with E-state index < -0.39 is 0 Å². The molecule has 156 valence electrons. The Bertz CT molecular complexity index is 920. The minimum Gasteiger partial charge on any atom is -0.340 e. The van der Waals surface area contributed by atoms with Gasteiger partial charge in [-0.25, -0.2) is 0 Å². The monoisotopic (exact) mass is 400 g/mol. The van der Waals surface area contributed by atoms with E-state index in [4.69, 9.17) is 0 Å². The fourth-order valence-corrected chi connectivity index (χ4v) is 7.63. The summed E-state index contributed by atoms with van der Waals surface area (Å²) in [4.78, 5) is 18.6. The van der Waals surface area contributed by atoms with Crippen LogP contribution in [0.4, 0.5) is 0 Å². The average Bonchev–Trinajstić information content (AvgIpc) is 3.18. The van der Waals surface area contributed by atoms with E-state index in [0.717, 1.165) is 51.5 Å². The number of hydrogen-bond donors (Lipinski definition) is 0. The average molecular weight is 401 g/mol. The Hall–Kier alpha value is -2.13. The molecule has 1 aliphatic heterocycles. The first-order chi connectivity index (χ1) is 14.7. The van der Waals surface area contributed by atoms with Crippen LogP contribution in [0.3, 0.4) is 0 Å². The molecule has 1 heterocycles. The fraction of sp³-hybridized carbons (Fsp3) is 0.519. The summed E-state index contributed by atoms with van der Waals surface area (Å²) in [6, 6.07) is 21.8. The first kappa shape index (κ1) is 18.6. The minimum absolute atomic E-state index is 0.0691. The van der Waals surface area contributed by atoms with Gasteiger partial charge in [-0.05, 0) is 60.5 Å². The molecule has 5 fully saturated rings. The number of hydrogen-bond acceptors (Lipinski definition) is 2. The van der Waals surface area contributed by atoms with Crippen molar-refractivity contribution in [3.63, 3.8) is 0 Å². The molecule has 0 spiro atoms. The molecule has 1 saturated heterocycles. The van der Waals surface area contributed by atoms with Gasteiger partial charge in [-0.15, -0.1) is 0 Å². The minimum atomic E-state index is -0.0691. The molecular weight excluding hydrogens is 368 g/mol. The first-order valence-electron chi connectivity index (χ1n) is 11.8. The SMILES string of the molecule is O=C(N1CCN(Cc2ccccc2)CC1)C12CC3CC1CC(c1ccccc1)(C3)C2. The van der Waals surface area contributed by atoms with Gasteiger partial charge in [0.15, 0.2) is 0 Å². The third-order valence-corrected chi connectivity index (χ3v) is 8.74. The number of rotatable bonds is 4. The van der Waals surface area contributed by atoms with Crippen molar-refractivity contribution in [1.29, 1.82) is 0 Å². The van der Waals surface area contributed by atoms with E-state index in [1.54, 1.807) is 0 Å². The highest BCUT2D eigenvalue weighted by molar-refractivity contribution is 5.85. The van der Waals surface area contributed by atoms with Crippen molar-refractivity contribution in [3.05, 3.63) is 71.8 Å². The number of carbonyl (C=O) groups excluding carboxylic acids is 1. The summed E-state index contributed by atoms with van der Waals surface area (Å²) >= 11 is 0. The Morgan fingerprint density at radius 1 is 0.867 bits per heavy atom. The number of piperazine rings is 1. The van der Waals surface area contributed by atoms with Crippen LogP contribution in [-0.4, -0.2) is 41.9 Å². The molecule has 4 bridgehead atoms. The van der Waals surface area contributed by atoms with Gasteiger partial charge in [0, 0.05) is 32.7 Å². The van der Waals surface area contributed by atoms with E-state index >= 15 is 0 Å². The van der Waals surface area contributed by atoms with Crippen LogP contribution in [0.5, 0.6) is 0 Å². The van der Waals surface area contributed by atoms with Crippen LogP contribution in [-0.2, 0) is 16.8 Å². The summed E-state index contributed by atoms with van der Waals surface area (Å²) < 4.78 is 0. The van der Waals surface area contributed by atoms with Gasteiger partial charge in [0.05, 0.1) is 5.41 Å². The Labute approximate surface area is 180 Å². The van der Waals surface area contributed by atoms with Crippen molar-refractivity contribution in [2.24, 2.45) is 17.3 Å². The van der Waals surface area contributed by atoms with Crippen molar-refractivity contribution < 1.29 is 4.79 Å². The second-order valence-electron chi connectivity index (χ2n) is 10.4. The molecule has 30 heavy (non-hydrogen) atoms. The molecule has 0 aromatic heterocycles. The third kappa shape index (κ3) is 2.85. The number of carbonyl (C=O) groups is 1. The van der Waals surface area contributed by atoms with E-state index in [2.05, 4.69) is 70.5 Å². The highest BCUT2D eigenvalue weighted by atomic mass is 16.2. The molecule has 4 aliphatic carbocycles. The van der Waals surface area contributed by atoms with Gasteiger partial charge in [0.25, 0.3) is 0 Å². The van der Waals surface area contributed by atoms with Crippen LogP contribution in [0.1, 0.15) is 43.2 Å². The normalized spacial score (nSPS) is 35.1. The molecule has 5 aliphatic rings. The molecule has 0 radical (unpaired) electrons. The van der Waals surface area contributed by atoms with Gasteiger partial charge < -0.3 is 4.90 Å². The van der Waals surface area contributed by atoms with Crippen molar-refractivity contribution in [3.8, 4) is 0 Å². The zero-order chi connectivity index (χ0) is 20.2. The molecule has 1 amide bonds. The van der Waals surface area contributed by atoms with Gasteiger partial charge in [-0.3, -0.25) is 9.69 Å². The lowest BCUT2D eigenvalue weighted by Gasteiger charge is -2.43. The quantitative estimate of drug-likeness (QED) is 0.756. The maximum absolute atomic E-state index is 13.9.